The molecule has 21 heavy (non-hydrogen) atoms. The first kappa shape index (κ1) is 15.8. The third kappa shape index (κ3) is 3.94. The zero-order valence-corrected chi connectivity index (χ0v) is 14.4. The van der Waals surface area contributed by atoms with Crippen LogP contribution in [-0.4, -0.2) is 16.5 Å². The van der Waals surface area contributed by atoms with Crippen molar-refractivity contribution in [2.24, 2.45) is 0 Å². The van der Waals surface area contributed by atoms with E-state index in [1.165, 1.54) is 11.1 Å². The molecule has 0 atom stereocenters. The number of nitrogens with one attached hydrogen (secondary N) is 1. The SMILES string of the molecule is CCNc1ncc(Br)c(Oc2ccc(C(C)C)c(C)c2)n1. The molecule has 5 heteroatoms. The second-order valence-corrected chi connectivity index (χ2v) is 6.01. The minimum absolute atomic E-state index is 0.505. The highest BCUT2D eigenvalue weighted by Gasteiger charge is 2.09. The maximum Gasteiger partial charge on any atom is 0.238 e. The van der Waals surface area contributed by atoms with Gasteiger partial charge in [-0.3, -0.25) is 0 Å². The Hall–Kier alpha value is -1.62. The van der Waals surface area contributed by atoms with Crippen molar-refractivity contribution in [1.82, 2.24) is 9.97 Å². The van der Waals surface area contributed by atoms with Crippen molar-refractivity contribution in [3.63, 3.8) is 0 Å². The van der Waals surface area contributed by atoms with Crippen LogP contribution in [0, 0.1) is 6.92 Å². The van der Waals surface area contributed by atoms with Crippen LogP contribution in [0.2, 0.25) is 0 Å². The molecule has 0 aliphatic carbocycles. The lowest BCUT2D eigenvalue weighted by Crippen LogP contribution is -2.03. The average Bonchev–Trinajstić information content (AvgIpc) is 2.42. The van der Waals surface area contributed by atoms with Crippen LogP contribution in [0.3, 0.4) is 0 Å². The van der Waals surface area contributed by atoms with Gasteiger partial charge in [-0.25, -0.2) is 4.98 Å². The van der Waals surface area contributed by atoms with Crippen molar-refractivity contribution >= 4 is 21.9 Å². The highest BCUT2D eigenvalue weighted by molar-refractivity contribution is 9.10. The van der Waals surface area contributed by atoms with Crippen LogP contribution < -0.4 is 10.1 Å². The van der Waals surface area contributed by atoms with Crippen LogP contribution >= 0.6 is 15.9 Å². The summed E-state index contributed by atoms with van der Waals surface area (Å²) in [6.07, 6.45) is 1.69. The fourth-order valence-electron chi connectivity index (χ4n) is 2.14. The molecule has 0 unspecified atom stereocenters. The van der Waals surface area contributed by atoms with Crippen LogP contribution in [0.1, 0.15) is 37.8 Å². The number of halogens is 1. The molecule has 2 rings (SSSR count). The molecule has 112 valence electrons. The largest absolute Gasteiger partial charge is 0.438 e. The lowest BCUT2D eigenvalue weighted by atomic mass is 9.98. The van der Waals surface area contributed by atoms with Gasteiger partial charge in [0.05, 0.1) is 10.7 Å². The molecule has 0 aliphatic heterocycles. The number of nitrogens with zero attached hydrogens (tertiary/aromatic N) is 2. The van der Waals surface area contributed by atoms with E-state index in [0.29, 0.717) is 17.7 Å². The maximum absolute atomic E-state index is 5.87. The smallest absolute Gasteiger partial charge is 0.238 e. The van der Waals surface area contributed by atoms with Crippen molar-refractivity contribution in [2.45, 2.75) is 33.6 Å². The van der Waals surface area contributed by atoms with Gasteiger partial charge >= 0.3 is 0 Å². The zero-order valence-electron chi connectivity index (χ0n) is 12.8. The minimum Gasteiger partial charge on any atom is -0.438 e. The summed E-state index contributed by atoms with van der Waals surface area (Å²) in [6, 6.07) is 6.12. The Bertz CT molecular complexity index is 629. The summed E-state index contributed by atoms with van der Waals surface area (Å²) in [6.45, 7) is 9.24. The average molecular weight is 350 g/mol. The van der Waals surface area contributed by atoms with E-state index < -0.39 is 0 Å². The number of anilines is 1. The molecule has 0 amide bonds. The number of rotatable bonds is 5. The van der Waals surface area contributed by atoms with Crippen LogP contribution in [0.5, 0.6) is 11.6 Å². The van der Waals surface area contributed by atoms with Crippen molar-refractivity contribution in [3.05, 3.63) is 40.0 Å². The van der Waals surface area contributed by atoms with E-state index in [4.69, 9.17) is 4.74 Å². The summed E-state index contributed by atoms with van der Waals surface area (Å²) in [5.74, 6) is 2.35. The van der Waals surface area contributed by atoms with Crippen molar-refractivity contribution in [3.8, 4) is 11.6 Å². The molecule has 1 heterocycles. The molecule has 0 radical (unpaired) electrons. The van der Waals surface area contributed by atoms with E-state index in [1.807, 2.05) is 19.1 Å². The first-order chi connectivity index (χ1) is 10.0. The van der Waals surface area contributed by atoms with Crippen molar-refractivity contribution in [1.29, 1.82) is 0 Å². The number of aromatic nitrogens is 2. The molecule has 0 fully saturated rings. The highest BCUT2D eigenvalue weighted by atomic mass is 79.9. The number of benzene rings is 1. The van der Waals surface area contributed by atoms with Gasteiger partial charge in [0.1, 0.15) is 5.75 Å². The van der Waals surface area contributed by atoms with Gasteiger partial charge in [0.2, 0.25) is 11.8 Å². The van der Waals surface area contributed by atoms with Crippen molar-refractivity contribution in [2.75, 3.05) is 11.9 Å². The summed E-state index contributed by atoms with van der Waals surface area (Å²) >= 11 is 3.42. The third-order valence-corrected chi connectivity index (χ3v) is 3.67. The third-order valence-electron chi connectivity index (χ3n) is 3.12. The van der Waals surface area contributed by atoms with Crippen LogP contribution in [0.25, 0.3) is 0 Å². The number of aryl methyl sites for hydroxylation is 1. The number of hydrogen-bond acceptors (Lipinski definition) is 4. The summed E-state index contributed by atoms with van der Waals surface area (Å²) < 4.78 is 6.60. The molecule has 1 N–H and O–H groups in total. The Morgan fingerprint density at radius 3 is 2.71 bits per heavy atom. The first-order valence-corrected chi connectivity index (χ1v) is 7.85. The Kier molecular flexibility index (Phi) is 5.17. The molecule has 4 nitrogen and oxygen atoms in total. The van der Waals surface area contributed by atoms with Gasteiger partial charge in [0.25, 0.3) is 0 Å². The lowest BCUT2D eigenvalue weighted by Gasteiger charge is -2.13. The molecular weight excluding hydrogens is 330 g/mol. The van der Waals surface area contributed by atoms with Gasteiger partial charge < -0.3 is 10.1 Å². The molecule has 0 saturated carbocycles. The molecule has 1 aromatic heterocycles. The van der Waals surface area contributed by atoms with Gasteiger partial charge in [0, 0.05) is 6.54 Å². The summed E-state index contributed by atoms with van der Waals surface area (Å²) in [7, 11) is 0. The predicted octanol–water partition coefficient (Wildman–Crippen LogP) is 4.90. The summed E-state index contributed by atoms with van der Waals surface area (Å²) in [5, 5.41) is 3.07. The summed E-state index contributed by atoms with van der Waals surface area (Å²) in [5.41, 5.74) is 2.55. The lowest BCUT2D eigenvalue weighted by molar-refractivity contribution is 0.458. The van der Waals surface area contributed by atoms with Gasteiger partial charge in [0.15, 0.2) is 0 Å². The molecule has 0 spiro atoms. The predicted molar refractivity (Wildman–Crippen MR) is 89.2 cm³/mol. The van der Waals surface area contributed by atoms with Crippen LogP contribution in [-0.2, 0) is 0 Å². The van der Waals surface area contributed by atoms with E-state index in [0.717, 1.165) is 16.8 Å². The topological polar surface area (TPSA) is 47.0 Å². The Balaban J connectivity index is 2.25. The summed E-state index contributed by atoms with van der Waals surface area (Å²) in [4.78, 5) is 8.53. The second-order valence-electron chi connectivity index (χ2n) is 5.15. The molecule has 1 aromatic carbocycles. The fourth-order valence-corrected chi connectivity index (χ4v) is 2.41. The quantitative estimate of drug-likeness (QED) is 0.834. The monoisotopic (exact) mass is 349 g/mol. The normalized spacial score (nSPS) is 10.8. The standard InChI is InChI=1S/C16H20BrN3O/c1-5-18-16-19-9-14(17)15(20-16)21-12-6-7-13(10(2)3)11(4)8-12/h6-10H,5H2,1-4H3,(H,18,19,20). The Labute approximate surface area is 134 Å². The van der Waals surface area contributed by atoms with Crippen molar-refractivity contribution < 1.29 is 4.74 Å². The molecule has 0 saturated heterocycles. The fraction of sp³-hybridized carbons (Fsp3) is 0.375. The molecule has 0 bridgehead atoms. The highest BCUT2D eigenvalue weighted by Crippen LogP contribution is 2.30. The van der Waals surface area contributed by atoms with E-state index in [1.54, 1.807) is 6.20 Å². The van der Waals surface area contributed by atoms with E-state index in [9.17, 15) is 0 Å². The van der Waals surface area contributed by atoms with Gasteiger partial charge in [-0.1, -0.05) is 19.9 Å². The zero-order chi connectivity index (χ0) is 15.4. The maximum atomic E-state index is 5.87. The molecule has 2 aromatic rings. The first-order valence-electron chi connectivity index (χ1n) is 7.06. The van der Waals surface area contributed by atoms with Gasteiger partial charge in [-0.2, -0.15) is 4.98 Å². The van der Waals surface area contributed by atoms with E-state index >= 15 is 0 Å². The van der Waals surface area contributed by atoms with Gasteiger partial charge in [-0.05, 0) is 59.0 Å². The van der Waals surface area contributed by atoms with E-state index in [2.05, 4.69) is 58.1 Å². The van der Waals surface area contributed by atoms with Crippen LogP contribution in [0.15, 0.2) is 28.9 Å². The number of ether oxygens (including phenoxy) is 1. The Morgan fingerprint density at radius 1 is 1.33 bits per heavy atom. The second kappa shape index (κ2) is 6.89. The van der Waals surface area contributed by atoms with Gasteiger partial charge in [-0.15, -0.1) is 0 Å². The Morgan fingerprint density at radius 2 is 2.10 bits per heavy atom. The minimum atomic E-state index is 0.505. The van der Waals surface area contributed by atoms with E-state index in [-0.39, 0.29) is 0 Å². The molecule has 0 aliphatic rings. The number of hydrogen-bond donors (Lipinski definition) is 1. The molecular formula is C16H20BrN3O. The van der Waals surface area contributed by atoms with Crippen LogP contribution in [0.4, 0.5) is 5.95 Å².